The van der Waals surface area contributed by atoms with E-state index in [0.717, 1.165) is 16.5 Å². The number of carbonyl (C=O) groups excluding carboxylic acids is 1. The third kappa shape index (κ3) is 3.53. The predicted octanol–water partition coefficient (Wildman–Crippen LogP) is 0.971. The zero-order valence-corrected chi connectivity index (χ0v) is 15.0. The number of carbonyl (C=O) groups is 1. The minimum absolute atomic E-state index is 0.160. The number of amides is 1. The van der Waals surface area contributed by atoms with Crippen LogP contribution in [0.4, 0.5) is 11.4 Å². The number of aryl methyl sites for hydroxylation is 2. The predicted molar refractivity (Wildman–Crippen MR) is 102 cm³/mol. The number of benzene rings is 1. The molecule has 8 nitrogen and oxygen atoms in total. The van der Waals surface area contributed by atoms with Gasteiger partial charge in [0.25, 0.3) is 5.56 Å². The summed E-state index contributed by atoms with van der Waals surface area (Å²) in [5, 5.41) is 10.8. The number of aromatic nitrogens is 3. The number of nitrogen functional groups attached to an aromatic ring is 1. The highest BCUT2D eigenvalue weighted by atomic mass is 16.2. The van der Waals surface area contributed by atoms with Gasteiger partial charge in [0.05, 0.1) is 11.7 Å². The van der Waals surface area contributed by atoms with Crippen LogP contribution >= 0.6 is 0 Å². The Kier molecular flexibility index (Phi) is 4.66. The van der Waals surface area contributed by atoms with Crippen molar-refractivity contribution in [3.63, 3.8) is 0 Å². The van der Waals surface area contributed by atoms with Gasteiger partial charge in [0, 0.05) is 55.2 Å². The van der Waals surface area contributed by atoms with Crippen LogP contribution in [0.3, 0.4) is 0 Å². The molecular formula is C18H22N6O2. The van der Waals surface area contributed by atoms with Crippen LogP contribution in [-0.2, 0) is 25.4 Å². The SMILES string of the molecule is CC(Nc1cc(=O)n(C)c2ccc(N)cc12)C(=O)NCc1cnn(C)c1. The minimum atomic E-state index is -0.525. The lowest BCUT2D eigenvalue weighted by atomic mass is 10.1. The van der Waals surface area contributed by atoms with Crippen LogP contribution in [0, 0.1) is 0 Å². The number of pyridine rings is 1. The molecule has 1 amide bonds. The lowest BCUT2D eigenvalue weighted by molar-refractivity contribution is -0.121. The van der Waals surface area contributed by atoms with E-state index in [-0.39, 0.29) is 11.5 Å². The zero-order valence-electron chi connectivity index (χ0n) is 15.0. The molecule has 0 saturated heterocycles. The van der Waals surface area contributed by atoms with Crippen molar-refractivity contribution in [2.75, 3.05) is 11.1 Å². The summed E-state index contributed by atoms with van der Waals surface area (Å²) in [5.41, 5.74) is 8.56. The number of fused-ring (bicyclic) bond motifs is 1. The highest BCUT2D eigenvalue weighted by Gasteiger charge is 2.15. The highest BCUT2D eigenvalue weighted by molar-refractivity contribution is 5.95. The first-order valence-electron chi connectivity index (χ1n) is 8.26. The maximum absolute atomic E-state index is 12.4. The van der Waals surface area contributed by atoms with E-state index in [1.165, 1.54) is 6.07 Å². The van der Waals surface area contributed by atoms with Gasteiger partial charge in [-0.25, -0.2) is 0 Å². The highest BCUT2D eigenvalue weighted by Crippen LogP contribution is 2.24. The Hall–Kier alpha value is -3.29. The summed E-state index contributed by atoms with van der Waals surface area (Å²) in [6, 6.07) is 6.28. The topological polar surface area (TPSA) is 107 Å². The molecule has 0 saturated carbocycles. The van der Waals surface area contributed by atoms with Gasteiger partial charge < -0.3 is 20.9 Å². The van der Waals surface area contributed by atoms with Crippen LogP contribution in [0.25, 0.3) is 10.9 Å². The smallest absolute Gasteiger partial charge is 0.252 e. The quantitative estimate of drug-likeness (QED) is 0.592. The standard InChI is InChI=1S/C18H22N6O2/c1-11(18(26)20-8-12-9-21-23(2)10-12)22-15-7-17(25)24(3)16-5-4-13(19)6-14(15)16/h4-7,9-11,22H,8,19H2,1-3H3,(H,20,26). The summed E-state index contributed by atoms with van der Waals surface area (Å²) in [4.78, 5) is 24.6. The molecule has 0 fully saturated rings. The Bertz CT molecular complexity index is 1020. The molecular weight excluding hydrogens is 332 g/mol. The maximum atomic E-state index is 12.4. The van der Waals surface area contributed by atoms with E-state index in [2.05, 4.69) is 15.7 Å². The Morgan fingerprint density at radius 1 is 1.31 bits per heavy atom. The third-order valence-electron chi connectivity index (χ3n) is 4.26. The molecule has 4 N–H and O–H groups in total. The molecule has 1 atom stereocenters. The first kappa shape index (κ1) is 17.5. The van der Waals surface area contributed by atoms with Crippen molar-refractivity contribution in [1.29, 1.82) is 0 Å². The zero-order chi connectivity index (χ0) is 18.8. The monoisotopic (exact) mass is 354 g/mol. The van der Waals surface area contributed by atoms with Crippen LogP contribution in [-0.4, -0.2) is 26.3 Å². The van der Waals surface area contributed by atoms with E-state index >= 15 is 0 Å². The van der Waals surface area contributed by atoms with Crippen molar-refractivity contribution in [1.82, 2.24) is 19.7 Å². The second-order valence-electron chi connectivity index (χ2n) is 6.34. The molecule has 26 heavy (non-hydrogen) atoms. The molecule has 1 aromatic carbocycles. The number of nitrogens with zero attached hydrogens (tertiary/aromatic N) is 3. The number of anilines is 2. The number of rotatable bonds is 5. The van der Waals surface area contributed by atoms with E-state index in [9.17, 15) is 9.59 Å². The fourth-order valence-electron chi connectivity index (χ4n) is 2.80. The average molecular weight is 354 g/mol. The van der Waals surface area contributed by atoms with E-state index in [4.69, 9.17) is 5.73 Å². The number of nitrogens with one attached hydrogen (secondary N) is 2. The van der Waals surface area contributed by atoms with E-state index < -0.39 is 6.04 Å². The summed E-state index contributed by atoms with van der Waals surface area (Å²) in [6.45, 7) is 2.14. The van der Waals surface area contributed by atoms with Gasteiger partial charge in [-0.2, -0.15) is 5.10 Å². The van der Waals surface area contributed by atoms with Crippen LogP contribution in [0.15, 0.2) is 41.5 Å². The number of hydrogen-bond acceptors (Lipinski definition) is 5. The summed E-state index contributed by atoms with van der Waals surface area (Å²) in [5.74, 6) is -0.174. The van der Waals surface area contributed by atoms with Crippen LogP contribution in [0.1, 0.15) is 12.5 Å². The molecule has 0 aliphatic carbocycles. The molecule has 0 bridgehead atoms. The molecule has 1 unspecified atom stereocenters. The van der Waals surface area contributed by atoms with Gasteiger partial charge in [-0.3, -0.25) is 14.3 Å². The average Bonchev–Trinajstić information content (AvgIpc) is 3.02. The maximum Gasteiger partial charge on any atom is 0.252 e. The first-order valence-corrected chi connectivity index (χ1v) is 8.26. The fraction of sp³-hybridized carbons (Fsp3) is 0.278. The molecule has 136 valence electrons. The molecule has 0 radical (unpaired) electrons. The first-order chi connectivity index (χ1) is 12.3. The normalized spacial score (nSPS) is 12.1. The molecule has 0 spiro atoms. The molecule has 0 aliphatic heterocycles. The van der Waals surface area contributed by atoms with Gasteiger partial charge in [-0.1, -0.05) is 0 Å². The van der Waals surface area contributed by atoms with Crippen molar-refractivity contribution in [3.8, 4) is 0 Å². The molecule has 3 aromatic rings. The Morgan fingerprint density at radius 3 is 2.77 bits per heavy atom. The van der Waals surface area contributed by atoms with Crippen molar-refractivity contribution in [2.45, 2.75) is 19.5 Å². The lowest BCUT2D eigenvalue weighted by Crippen LogP contribution is -2.37. The second-order valence-corrected chi connectivity index (χ2v) is 6.34. The summed E-state index contributed by atoms with van der Waals surface area (Å²) in [6.07, 6.45) is 3.55. The van der Waals surface area contributed by atoms with Gasteiger partial charge >= 0.3 is 0 Å². The second kappa shape index (κ2) is 6.91. The van der Waals surface area contributed by atoms with Gasteiger partial charge in [-0.15, -0.1) is 0 Å². The van der Waals surface area contributed by atoms with Gasteiger partial charge in [0.1, 0.15) is 6.04 Å². The van der Waals surface area contributed by atoms with Gasteiger partial charge in [-0.05, 0) is 25.1 Å². The van der Waals surface area contributed by atoms with Crippen LogP contribution < -0.4 is 21.9 Å². The van der Waals surface area contributed by atoms with Crippen molar-refractivity contribution < 1.29 is 4.79 Å². The number of hydrogen-bond donors (Lipinski definition) is 3. The fourth-order valence-corrected chi connectivity index (χ4v) is 2.80. The van der Waals surface area contributed by atoms with E-state index in [1.54, 1.807) is 47.6 Å². The van der Waals surface area contributed by atoms with Crippen molar-refractivity contribution in [2.24, 2.45) is 14.1 Å². The van der Waals surface area contributed by atoms with Crippen LogP contribution in [0.5, 0.6) is 0 Å². The van der Waals surface area contributed by atoms with E-state index in [0.29, 0.717) is 17.9 Å². The number of nitrogens with two attached hydrogens (primary N) is 1. The molecule has 8 heteroatoms. The third-order valence-corrected chi connectivity index (χ3v) is 4.26. The summed E-state index contributed by atoms with van der Waals surface area (Å²) >= 11 is 0. The van der Waals surface area contributed by atoms with E-state index in [1.807, 2.05) is 13.2 Å². The molecule has 0 aliphatic rings. The Labute approximate surface area is 150 Å². The van der Waals surface area contributed by atoms with Gasteiger partial charge in [0.2, 0.25) is 5.91 Å². The largest absolute Gasteiger partial charge is 0.399 e. The van der Waals surface area contributed by atoms with Crippen molar-refractivity contribution in [3.05, 3.63) is 52.6 Å². The Balaban J connectivity index is 1.79. The van der Waals surface area contributed by atoms with Crippen LogP contribution in [0.2, 0.25) is 0 Å². The minimum Gasteiger partial charge on any atom is -0.399 e. The molecule has 3 rings (SSSR count). The molecule has 2 aromatic heterocycles. The molecule has 2 heterocycles. The van der Waals surface area contributed by atoms with Crippen molar-refractivity contribution >= 4 is 28.2 Å². The summed E-state index contributed by atoms with van der Waals surface area (Å²) in [7, 11) is 3.52. The van der Waals surface area contributed by atoms with Gasteiger partial charge in [0.15, 0.2) is 0 Å². The Morgan fingerprint density at radius 2 is 2.08 bits per heavy atom. The summed E-state index contributed by atoms with van der Waals surface area (Å²) < 4.78 is 3.23. The lowest BCUT2D eigenvalue weighted by Gasteiger charge is -2.18.